The Balaban J connectivity index is 1.45. The maximum absolute atomic E-state index is 14.0. The van der Waals surface area contributed by atoms with Gasteiger partial charge in [-0.3, -0.25) is 0 Å². The fourth-order valence-electron chi connectivity index (χ4n) is 3.71. The molecule has 1 aromatic carbocycles. The number of halogens is 1. The van der Waals surface area contributed by atoms with Gasteiger partial charge in [0.15, 0.2) is 0 Å². The first-order valence-corrected chi connectivity index (χ1v) is 11.7. The zero-order valence-electron chi connectivity index (χ0n) is 17.6. The average Bonchev–Trinajstić information content (AvgIpc) is 2.75. The van der Waals surface area contributed by atoms with Gasteiger partial charge in [0, 0.05) is 44.0 Å². The summed E-state index contributed by atoms with van der Waals surface area (Å²) in [5.41, 5.74) is 2.08. The summed E-state index contributed by atoms with van der Waals surface area (Å²) in [6.45, 7) is 5.34. The van der Waals surface area contributed by atoms with Gasteiger partial charge in [-0.25, -0.2) is 17.8 Å². The van der Waals surface area contributed by atoms with Crippen LogP contribution in [-0.2, 0) is 10.0 Å². The van der Waals surface area contributed by atoms with Crippen molar-refractivity contribution in [3.63, 3.8) is 0 Å². The molecule has 164 valence electrons. The maximum Gasteiger partial charge on any atom is 0.246 e. The Labute approximate surface area is 182 Å². The molecule has 1 aliphatic heterocycles. The lowest BCUT2D eigenvalue weighted by atomic mass is 10.0. The van der Waals surface area contributed by atoms with Crippen molar-refractivity contribution in [1.82, 2.24) is 14.3 Å². The van der Waals surface area contributed by atoms with Crippen molar-refractivity contribution in [3.8, 4) is 0 Å². The molecule has 1 fully saturated rings. The van der Waals surface area contributed by atoms with Crippen LogP contribution in [0.4, 0.5) is 16.2 Å². The second-order valence-electron chi connectivity index (χ2n) is 7.81. The predicted octanol–water partition coefficient (Wildman–Crippen LogP) is 3.12. The number of aryl methyl sites for hydroxylation is 1. The molecule has 2 aliphatic rings. The smallest absolute Gasteiger partial charge is 0.246 e. The second kappa shape index (κ2) is 8.76. The lowest BCUT2D eigenvalue weighted by Crippen LogP contribution is -2.49. The average molecular weight is 444 g/mol. The highest BCUT2D eigenvalue weighted by molar-refractivity contribution is 7.89. The highest BCUT2D eigenvalue weighted by atomic mass is 32.2. The number of hydrogen-bond acceptors (Lipinski definition) is 6. The third-order valence-electron chi connectivity index (χ3n) is 5.44. The van der Waals surface area contributed by atoms with Crippen LogP contribution in [0.15, 0.2) is 59.0 Å². The Morgan fingerprint density at radius 2 is 1.84 bits per heavy atom. The number of allylic oxidation sites excluding steroid dienone is 2. The lowest BCUT2D eigenvalue weighted by Gasteiger charge is -2.34. The van der Waals surface area contributed by atoms with Crippen molar-refractivity contribution in [2.45, 2.75) is 31.2 Å². The Morgan fingerprint density at radius 1 is 1.10 bits per heavy atom. The molecule has 1 N–H and O–H groups in total. The van der Waals surface area contributed by atoms with Gasteiger partial charge >= 0.3 is 0 Å². The van der Waals surface area contributed by atoms with E-state index in [0.717, 1.165) is 24.0 Å². The van der Waals surface area contributed by atoms with E-state index in [4.69, 9.17) is 0 Å². The van der Waals surface area contributed by atoms with Crippen LogP contribution in [0.1, 0.15) is 19.0 Å². The van der Waals surface area contributed by atoms with Crippen LogP contribution in [0.3, 0.4) is 0 Å². The summed E-state index contributed by atoms with van der Waals surface area (Å²) in [7, 11) is -3.87. The number of aromatic nitrogens is 2. The van der Waals surface area contributed by atoms with Crippen LogP contribution in [0.2, 0.25) is 0 Å². The van der Waals surface area contributed by atoms with Gasteiger partial charge in [-0.2, -0.15) is 9.29 Å². The van der Waals surface area contributed by atoms with Crippen molar-refractivity contribution < 1.29 is 12.8 Å². The molecule has 1 unspecified atom stereocenters. The van der Waals surface area contributed by atoms with Gasteiger partial charge in [0.05, 0.1) is 0 Å². The van der Waals surface area contributed by atoms with E-state index >= 15 is 0 Å². The third-order valence-corrected chi connectivity index (χ3v) is 7.37. The molecule has 0 radical (unpaired) electrons. The Morgan fingerprint density at radius 3 is 2.52 bits per heavy atom. The van der Waals surface area contributed by atoms with E-state index < -0.39 is 15.8 Å². The van der Waals surface area contributed by atoms with E-state index in [1.54, 1.807) is 0 Å². The molecule has 2 aromatic rings. The molecule has 0 spiro atoms. The summed E-state index contributed by atoms with van der Waals surface area (Å²) in [6, 6.07) is 7.55. The number of rotatable bonds is 5. The van der Waals surface area contributed by atoms with Gasteiger partial charge in [0.25, 0.3) is 0 Å². The van der Waals surface area contributed by atoms with Crippen LogP contribution in [0.25, 0.3) is 0 Å². The Bertz CT molecular complexity index is 1120. The number of nitrogens with zero attached hydrogens (tertiary/aromatic N) is 4. The normalized spacial score (nSPS) is 19.9. The summed E-state index contributed by atoms with van der Waals surface area (Å²) in [6.07, 6.45) is 7.29. The topological polar surface area (TPSA) is 78.4 Å². The monoisotopic (exact) mass is 443 g/mol. The van der Waals surface area contributed by atoms with Crippen LogP contribution in [0, 0.1) is 12.7 Å². The molecule has 0 amide bonds. The highest BCUT2D eigenvalue weighted by Crippen LogP contribution is 2.23. The number of sulfonamides is 1. The molecule has 1 aromatic heterocycles. The first kappa shape index (κ1) is 21.5. The molecule has 9 heteroatoms. The minimum Gasteiger partial charge on any atom is -0.363 e. The summed E-state index contributed by atoms with van der Waals surface area (Å²) in [4.78, 5) is 10.9. The molecule has 2 heterocycles. The van der Waals surface area contributed by atoms with E-state index in [1.165, 1.54) is 28.1 Å². The number of piperazine rings is 1. The minimum absolute atomic E-state index is 0.175. The summed E-state index contributed by atoms with van der Waals surface area (Å²) in [5.74, 6) is 0.577. The van der Waals surface area contributed by atoms with E-state index in [2.05, 4.69) is 40.4 Å². The van der Waals surface area contributed by atoms with E-state index in [9.17, 15) is 12.8 Å². The predicted molar refractivity (Wildman–Crippen MR) is 119 cm³/mol. The van der Waals surface area contributed by atoms with Crippen molar-refractivity contribution in [2.75, 3.05) is 36.4 Å². The van der Waals surface area contributed by atoms with E-state index in [-0.39, 0.29) is 24.0 Å². The molecule has 4 rings (SSSR count). The summed E-state index contributed by atoms with van der Waals surface area (Å²) < 4.78 is 41.0. The fraction of sp³-hybridized carbons (Fsp3) is 0.364. The number of anilines is 2. The highest BCUT2D eigenvalue weighted by Gasteiger charge is 2.31. The molecule has 7 nitrogen and oxygen atoms in total. The molecule has 0 bridgehead atoms. The Kier molecular flexibility index (Phi) is 6.06. The summed E-state index contributed by atoms with van der Waals surface area (Å²) >= 11 is 0. The van der Waals surface area contributed by atoms with Crippen LogP contribution < -0.4 is 10.2 Å². The van der Waals surface area contributed by atoms with Gasteiger partial charge in [-0.05, 0) is 32.4 Å². The minimum atomic E-state index is -3.87. The Hall–Kier alpha value is -2.78. The molecule has 31 heavy (non-hydrogen) atoms. The van der Waals surface area contributed by atoms with Gasteiger partial charge in [0.1, 0.15) is 16.5 Å². The zero-order chi connectivity index (χ0) is 22.0. The molecule has 1 atom stereocenters. The van der Waals surface area contributed by atoms with Gasteiger partial charge < -0.3 is 10.2 Å². The van der Waals surface area contributed by atoms with Crippen molar-refractivity contribution in [3.05, 3.63) is 65.6 Å². The number of benzene rings is 1. The molecule has 0 saturated carbocycles. The molecular weight excluding hydrogens is 417 g/mol. The fourth-order valence-corrected chi connectivity index (χ4v) is 5.20. The van der Waals surface area contributed by atoms with E-state index in [0.29, 0.717) is 19.0 Å². The lowest BCUT2D eigenvalue weighted by molar-refractivity contribution is 0.380. The van der Waals surface area contributed by atoms with Crippen molar-refractivity contribution in [1.29, 1.82) is 0 Å². The van der Waals surface area contributed by atoms with Gasteiger partial charge in [-0.15, -0.1) is 0 Å². The van der Waals surface area contributed by atoms with Crippen molar-refractivity contribution in [2.24, 2.45) is 0 Å². The summed E-state index contributed by atoms with van der Waals surface area (Å²) in [5, 5.41) is 3.43. The largest absolute Gasteiger partial charge is 0.363 e. The molecule has 1 aliphatic carbocycles. The van der Waals surface area contributed by atoms with Gasteiger partial charge in [0.2, 0.25) is 16.0 Å². The number of nitrogens with one attached hydrogen (secondary N) is 1. The number of hydrogen-bond donors (Lipinski definition) is 1. The molecular formula is C22H26FN5O2S. The van der Waals surface area contributed by atoms with Crippen LogP contribution in [-0.4, -0.2) is 54.9 Å². The van der Waals surface area contributed by atoms with Crippen molar-refractivity contribution >= 4 is 21.8 Å². The third kappa shape index (κ3) is 4.77. The first-order chi connectivity index (χ1) is 14.8. The quantitative estimate of drug-likeness (QED) is 0.765. The SMILES string of the molecule is CC1=CCC(Nc2cc(C)nc(N3CCN(S(=O)(=O)c4ccccc4F)CC3)n2)C=C1. The van der Waals surface area contributed by atoms with E-state index in [1.807, 2.05) is 17.9 Å². The van der Waals surface area contributed by atoms with Crippen LogP contribution >= 0.6 is 0 Å². The molecule has 1 saturated heterocycles. The zero-order valence-corrected chi connectivity index (χ0v) is 18.4. The first-order valence-electron chi connectivity index (χ1n) is 10.3. The maximum atomic E-state index is 14.0. The van der Waals surface area contributed by atoms with Gasteiger partial charge in [-0.1, -0.05) is 35.9 Å². The second-order valence-corrected chi connectivity index (χ2v) is 9.72. The standard InChI is InChI=1S/C22H26FN5O2S/c1-16-7-9-18(10-8-16)25-21-15-17(2)24-22(26-21)27-11-13-28(14-12-27)31(29,30)20-6-4-3-5-19(20)23/h3-9,15,18H,10-14H2,1-2H3,(H,24,25,26). The van der Waals surface area contributed by atoms with Crippen LogP contribution in [0.5, 0.6) is 0 Å².